The minimum absolute atomic E-state index is 0. The van der Waals surface area contributed by atoms with Gasteiger partial charge in [-0.25, -0.2) is 0 Å². The van der Waals surface area contributed by atoms with Crippen LogP contribution in [-0.2, 0) is 17.1 Å². The molecule has 0 aliphatic rings. The molecule has 3 aromatic carbocycles. The fourth-order valence-corrected chi connectivity index (χ4v) is 1.77. The summed E-state index contributed by atoms with van der Waals surface area (Å²) in [7, 11) is 0. The first-order valence-electron chi connectivity index (χ1n) is 5.82. The van der Waals surface area contributed by atoms with Crippen molar-refractivity contribution < 1.29 is 17.1 Å². The van der Waals surface area contributed by atoms with Crippen molar-refractivity contribution in [3.63, 3.8) is 0 Å². The molecule has 98 valence electrons. The van der Waals surface area contributed by atoms with Crippen LogP contribution >= 0.6 is 0 Å². The summed E-state index contributed by atoms with van der Waals surface area (Å²) in [5.41, 5.74) is 4.00. The molecule has 0 bridgehead atoms. The summed E-state index contributed by atoms with van der Waals surface area (Å²) in [5.74, 6) is 0. The summed E-state index contributed by atoms with van der Waals surface area (Å²) in [6, 6.07) is 26.9. The van der Waals surface area contributed by atoms with E-state index in [0.29, 0.717) is 0 Å². The maximum absolute atomic E-state index is 2.16. The van der Waals surface area contributed by atoms with Crippen LogP contribution in [0.3, 0.4) is 0 Å². The molecule has 0 heterocycles. The summed E-state index contributed by atoms with van der Waals surface area (Å²) in [6.45, 7) is 2.14. The fraction of sp³-hybridized carbons (Fsp3) is 0.0588. The van der Waals surface area contributed by atoms with Gasteiger partial charge in [-0.05, 0) is 0 Å². The standard InChI is InChI=1S/C12H11.C5H5.Fe/c1-10-6-5-9-12(10)11-7-3-2-4-8-11;1-2-4-5-3-1;/h2-9H,1H3;1-5H;/q-1;-5;. The van der Waals surface area contributed by atoms with Gasteiger partial charge in [-0.1, -0.05) is 42.8 Å². The molecule has 1 heteroatoms. The summed E-state index contributed by atoms with van der Waals surface area (Å²) in [6.07, 6.45) is 0. The molecule has 0 fully saturated rings. The van der Waals surface area contributed by atoms with Crippen LogP contribution in [0.25, 0.3) is 11.1 Å². The molecule has 0 unspecified atom stereocenters. The second-order valence-electron chi connectivity index (χ2n) is 3.95. The number of rotatable bonds is 1. The quantitative estimate of drug-likeness (QED) is 0.443. The Kier molecular flexibility index (Phi) is 6.21. The van der Waals surface area contributed by atoms with Crippen LogP contribution < -0.4 is 0 Å². The number of hydrogen-bond donors (Lipinski definition) is 0. The molecule has 0 radical (unpaired) electrons. The zero-order valence-corrected chi connectivity index (χ0v) is 11.5. The summed E-state index contributed by atoms with van der Waals surface area (Å²) in [5, 5.41) is 0. The van der Waals surface area contributed by atoms with Crippen molar-refractivity contribution in [2.75, 3.05) is 0 Å². The fourth-order valence-electron chi connectivity index (χ4n) is 1.77. The third-order valence-corrected chi connectivity index (χ3v) is 2.67. The molecule has 0 aliphatic heterocycles. The third kappa shape index (κ3) is 4.03. The summed E-state index contributed by atoms with van der Waals surface area (Å²) in [4.78, 5) is 0. The van der Waals surface area contributed by atoms with Crippen LogP contribution in [0.2, 0.25) is 0 Å². The molecule has 0 atom stereocenters. The van der Waals surface area contributed by atoms with Gasteiger partial charge >= 0.3 is 0 Å². The SMILES string of the molecule is C[c-]1cccc1-c1ccccc1.[Fe].[cH-]1[cH-][cH-][cH-][cH-]1. The van der Waals surface area contributed by atoms with Gasteiger partial charge < -0.3 is 30.3 Å². The molecule has 0 spiro atoms. The molecular formula is C17H16Fe-6. The van der Waals surface area contributed by atoms with Gasteiger partial charge in [0.15, 0.2) is 0 Å². The van der Waals surface area contributed by atoms with Crippen molar-refractivity contribution in [3.05, 3.63) is 84.4 Å². The topological polar surface area (TPSA) is 0 Å². The van der Waals surface area contributed by atoms with E-state index in [1.807, 2.05) is 36.4 Å². The zero-order valence-electron chi connectivity index (χ0n) is 10.4. The van der Waals surface area contributed by atoms with E-state index in [-0.39, 0.29) is 17.1 Å². The smallest absolute Gasteiger partial charge is 0 e. The Hall–Kier alpha value is -1.56. The van der Waals surface area contributed by atoms with Gasteiger partial charge in [-0.2, -0.15) is 18.2 Å². The molecule has 0 saturated heterocycles. The first-order chi connectivity index (χ1) is 8.38. The van der Waals surface area contributed by atoms with Gasteiger partial charge in [0.2, 0.25) is 0 Å². The van der Waals surface area contributed by atoms with E-state index in [9.17, 15) is 0 Å². The van der Waals surface area contributed by atoms with Crippen molar-refractivity contribution in [3.8, 4) is 11.1 Å². The summed E-state index contributed by atoms with van der Waals surface area (Å²) >= 11 is 0. The Morgan fingerprint density at radius 2 is 1.33 bits per heavy atom. The molecule has 0 saturated carbocycles. The minimum atomic E-state index is 0. The Morgan fingerprint density at radius 3 is 1.78 bits per heavy atom. The monoisotopic (exact) mass is 276 g/mol. The Labute approximate surface area is 119 Å². The van der Waals surface area contributed by atoms with Crippen molar-refractivity contribution in [2.24, 2.45) is 0 Å². The first kappa shape index (κ1) is 14.5. The second kappa shape index (κ2) is 7.71. The van der Waals surface area contributed by atoms with E-state index in [4.69, 9.17) is 0 Å². The zero-order chi connectivity index (χ0) is 11.9. The van der Waals surface area contributed by atoms with Crippen LogP contribution in [0.5, 0.6) is 0 Å². The molecule has 3 rings (SSSR count). The second-order valence-corrected chi connectivity index (χ2v) is 3.95. The molecule has 0 amide bonds. The average Bonchev–Trinajstić information content (AvgIpc) is 3.03. The predicted molar refractivity (Wildman–Crippen MR) is 74.2 cm³/mol. The summed E-state index contributed by atoms with van der Waals surface area (Å²) < 4.78 is 0. The Morgan fingerprint density at radius 1 is 0.778 bits per heavy atom. The van der Waals surface area contributed by atoms with Gasteiger partial charge in [-0.3, -0.25) is 0 Å². The molecule has 0 aliphatic carbocycles. The third-order valence-electron chi connectivity index (χ3n) is 2.67. The van der Waals surface area contributed by atoms with E-state index in [2.05, 4.69) is 49.4 Å². The van der Waals surface area contributed by atoms with E-state index in [0.717, 1.165) is 0 Å². The van der Waals surface area contributed by atoms with Crippen LogP contribution in [0.4, 0.5) is 0 Å². The average molecular weight is 276 g/mol. The molecule has 0 nitrogen and oxygen atoms in total. The van der Waals surface area contributed by atoms with Crippen molar-refractivity contribution in [1.82, 2.24) is 0 Å². The molecule has 0 N–H and O–H groups in total. The van der Waals surface area contributed by atoms with Crippen LogP contribution in [0, 0.1) is 6.92 Å². The molecular weight excluding hydrogens is 260 g/mol. The largest absolute Gasteiger partial charge is 0.748 e. The van der Waals surface area contributed by atoms with Crippen molar-refractivity contribution in [2.45, 2.75) is 6.92 Å². The van der Waals surface area contributed by atoms with E-state index in [1.54, 1.807) is 0 Å². The van der Waals surface area contributed by atoms with E-state index < -0.39 is 0 Å². The molecule has 3 aromatic rings. The molecule has 0 aromatic heterocycles. The van der Waals surface area contributed by atoms with Gasteiger partial charge in [0.1, 0.15) is 0 Å². The predicted octanol–water partition coefficient (Wildman–Crippen LogP) is 4.78. The Bertz CT molecular complexity index is 501. The number of benzene rings is 1. The molecule has 18 heavy (non-hydrogen) atoms. The van der Waals surface area contributed by atoms with Crippen molar-refractivity contribution >= 4 is 0 Å². The van der Waals surface area contributed by atoms with Crippen LogP contribution in [0.1, 0.15) is 5.56 Å². The van der Waals surface area contributed by atoms with E-state index in [1.165, 1.54) is 16.7 Å². The van der Waals surface area contributed by atoms with Gasteiger partial charge in [0.05, 0.1) is 0 Å². The van der Waals surface area contributed by atoms with Gasteiger partial charge in [-0.15, -0.1) is 11.1 Å². The minimum Gasteiger partial charge on any atom is -0.748 e. The van der Waals surface area contributed by atoms with Gasteiger partial charge in [0, 0.05) is 17.1 Å². The van der Waals surface area contributed by atoms with Crippen LogP contribution in [-0.4, -0.2) is 0 Å². The van der Waals surface area contributed by atoms with Gasteiger partial charge in [0.25, 0.3) is 0 Å². The van der Waals surface area contributed by atoms with E-state index >= 15 is 0 Å². The Balaban J connectivity index is 0.000000230. The maximum atomic E-state index is 2.16. The van der Waals surface area contributed by atoms with Crippen LogP contribution in [0.15, 0.2) is 78.9 Å². The first-order valence-corrected chi connectivity index (χ1v) is 5.82. The maximum Gasteiger partial charge on any atom is 0 e. The van der Waals surface area contributed by atoms with Crippen molar-refractivity contribution in [1.29, 1.82) is 0 Å². The number of aryl methyl sites for hydroxylation is 1. The normalized spacial score (nSPS) is 8.94. The number of hydrogen-bond acceptors (Lipinski definition) is 0.